The van der Waals surface area contributed by atoms with Gasteiger partial charge in [-0.3, -0.25) is 4.98 Å². The van der Waals surface area contributed by atoms with Crippen LogP contribution in [0.3, 0.4) is 0 Å². The molecule has 0 saturated carbocycles. The molecule has 156 valence electrons. The maximum atomic E-state index is 5.77. The Morgan fingerprint density at radius 3 is 2.50 bits per heavy atom. The summed E-state index contributed by atoms with van der Waals surface area (Å²) in [5.41, 5.74) is 4.48. The molecule has 3 aromatic rings. The SMILES string of the molecule is COc1ccc(-n2c(C)ccc2[C@@H]2[C@H](c3ccccn3)NC(=S)N2CC(C)C)cc1. The Kier molecular flexibility index (Phi) is 5.77. The van der Waals surface area contributed by atoms with Gasteiger partial charge >= 0.3 is 0 Å². The third-order valence-electron chi connectivity index (χ3n) is 5.50. The molecule has 0 amide bonds. The minimum Gasteiger partial charge on any atom is -0.497 e. The Balaban J connectivity index is 1.83. The van der Waals surface area contributed by atoms with E-state index in [1.54, 1.807) is 7.11 Å². The van der Waals surface area contributed by atoms with E-state index in [9.17, 15) is 0 Å². The van der Waals surface area contributed by atoms with E-state index >= 15 is 0 Å². The molecule has 1 saturated heterocycles. The summed E-state index contributed by atoms with van der Waals surface area (Å²) in [4.78, 5) is 6.96. The van der Waals surface area contributed by atoms with Gasteiger partial charge in [-0.05, 0) is 73.6 Å². The summed E-state index contributed by atoms with van der Waals surface area (Å²) < 4.78 is 7.65. The van der Waals surface area contributed by atoms with Gasteiger partial charge in [0.2, 0.25) is 0 Å². The van der Waals surface area contributed by atoms with Crippen LogP contribution < -0.4 is 10.1 Å². The molecule has 30 heavy (non-hydrogen) atoms. The van der Waals surface area contributed by atoms with E-state index in [0.29, 0.717) is 5.92 Å². The number of aromatic nitrogens is 2. The molecule has 5 nitrogen and oxygen atoms in total. The molecule has 2 atom stereocenters. The number of rotatable bonds is 6. The molecule has 0 unspecified atom stereocenters. The summed E-state index contributed by atoms with van der Waals surface area (Å²) >= 11 is 5.77. The van der Waals surface area contributed by atoms with Gasteiger partial charge in [0.05, 0.1) is 24.9 Å². The summed E-state index contributed by atoms with van der Waals surface area (Å²) in [6.45, 7) is 7.47. The number of methoxy groups -OCH3 is 1. The van der Waals surface area contributed by atoms with E-state index in [4.69, 9.17) is 17.0 Å². The van der Waals surface area contributed by atoms with Crippen molar-refractivity contribution in [3.05, 3.63) is 77.9 Å². The normalized spacial score (nSPS) is 18.7. The Labute approximate surface area is 183 Å². The summed E-state index contributed by atoms with van der Waals surface area (Å²) in [6.07, 6.45) is 1.84. The van der Waals surface area contributed by atoms with E-state index in [0.717, 1.165) is 28.8 Å². The number of nitrogens with zero attached hydrogens (tertiary/aromatic N) is 3. The van der Waals surface area contributed by atoms with Crippen molar-refractivity contribution >= 4 is 17.3 Å². The van der Waals surface area contributed by atoms with Crippen LogP contribution in [-0.4, -0.2) is 33.2 Å². The molecule has 4 rings (SSSR count). The van der Waals surface area contributed by atoms with Crippen molar-refractivity contribution < 1.29 is 4.74 Å². The van der Waals surface area contributed by atoms with E-state index < -0.39 is 0 Å². The minimum atomic E-state index is -0.0104. The molecule has 3 heterocycles. The molecule has 0 radical (unpaired) electrons. The molecule has 0 aliphatic carbocycles. The van der Waals surface area contributed by atoms with Crippen LogP contribution in [0.25, 0.3) is 5.69 Å². The number of pyridine rings is 1. The largest absolute Gasteiger partial charge is 0.497 e. The summed E-state index contributed by atoms with van der Waals surface area (Å²) in [7, 11) is 1.69. The number of nitrogens with one attached hydrogen (secondary N) is 1. The monoisotopic (exact) mass is 420 g/mol. The molecule has 6 heteroatoms. The number of benzene rings is 1. The van der Waals surface area contributed by atoms with Gasteiger partial charge in [-0.1, -0.05) is 19.9 Å². The topological polar surface area (TPSA) is 42.3 Å². The predicted octanol–water partition coefficient (Wildman–Crippen LogP) is 4.82. The first-order valence-corrected chi connectivity index (χ1v) is 10.7. The highest BCUT2D eigenvalue weighted by atomic mass is 32.1. The van der Waals surface area contributed by atoms with Crippen LogP contribution in [0, 0.1) is 12.8 Å². The third-order valence-corrected chi connectivity index (χ3v) is 5.85. The van der Waals surface area contributed by atoms with Gasteiger partial charge in [0, 0.05) is 29.8 Å². The van der Waals surface area contributed by atoms with Crippen molar-refractivity contribution in [1.82, 2.24) is 19.8 Å². The van der Waals surface area contributed by atoms with Gasteiger partial charge < -0.3 is 19.5 Å². The van der Waals surface area contributed by atoms with Gasteiger partial charge in [-0.15, -0.1) is 0 Å². The smallest absolute Gasteiger partial charge is 0.170 e. The molecular formula is C24H28N4OS. The summed E-state index contributed by atoms with van der Waals surface area (Å²) in [5, 5.41) is 4.32. The lowest BCUT2D eigenvalue weighted by Gasteiger charge is -2.30. The fourth-order valence-corrected chi connectivity index (χ4v) is 4.51. The van der Waals surface area contributed by atoms with E-state index in [1.807, 2.05) is 30.5 Å². The van der Waals surface area contributed by atoms with E-state index in [2.05, 4.69) is 70.9 Å². The second kappa shape index (κ2) is 8.48. The lowest BCUT2D eigenvalue weighted by atomic mass is 10.0. The van der Waals surface area contributed by atoms with Gasteiger partial charge in [0.15, 0.2) is 5.11 Å². The standard InChI is InChI=1S/C24H28N4OS/c1-16(2)15-27-23(22(26-24(27)30)20-7-5-6-14-25-20)21-13-8-17(3)28(21)18-9-11-19(29-4)12-10-18/h5-14,16,22-23H,15H2,1-4H3,(H,26,30)/t22-,23+/m0/s1. The van der Waals surface area contributed by atoms with Crippen molar-refractivity contribution in [2.45, 2.75) is 32.9 Å². The lowest BCUT2D eigenvalue weighted by Crippen LogP contribution is -2.33. The van der Waals surface area contributed by atoms with Crippen LogP contribution in [0.2, 0.25) is 0 Å². The predicted molar refractivity (Wildman–Crippen MR) is 124 cm³/mol. The summed E-state index contributed by atoms with van der Waals surface area (Å²) in [5.74, 6) is 1.34. The van der Waals surface area contributed by atoms with Crippen LogP contribution in [-0.2, 0) is 0 Å². The maximum absolute atomic E-state index is 5.77. The first kappa shape index (κ1) is 20.4. The van der Waals surface area contributed by atoms with Gasteiger partial charge in [-0.2, -0.15) is 0 Å². The molecule has 1 aliphatic heterocycles. The van der Waals surface area contributed by atoms with Crippen molar-refractivity contribution in [3.8, 4) is 11.4 Å². The minimum absolute atomic E-state index is 0.0104. The second-order valence-electron chi connectivity index (χ2n) is 8.11. The highest BCUT2D eigenvalue weighted by Gasteiger charge is 2.41. The van der Waals surface area contributed by atoms with E-state index in [-0.39, 0.29) is 12.1 Å². The first-order chi connectivity index (χ1) is 14.5. The molecule has 0 spiro atoms. The molecule has 1 aliphatic rings. The molecule has 1 aromatic carbocycles. The molecular weight excluding hydrogens is 392 g/mol. The van der Waals surface area contributed by atoms with Gasteiger partial charge in [0.1, 0.15) is 5.75 Å². The van der Waals surface area contributed by atoms with E-state index in [1.165, 1.54) is 11.4 Å². The zero-order chi connectivity index (χ0) is 21.3. The number of hydrogen-bond donors (Lipinski definition) is 1. The highest BCUT2D eigenvalue weighted by Crippen LogP contribution is 2.40. The fourth-order valence-electron chi connectivity index (χ4n) is 4.19. The van der Waals surface area contributed by atoms with Crippen LogP contribution in [0.4, 0.5) is 0 Å². The molecule has 1 N–H and O–H groups in total. The molecule has 0 bridgehead atoms. The Hall–Kier alpha value is -2.86. The maximum Gasteiger partial charge on any atom is 0.170 e. The van der Waals surface area contributed by atoms with Crippen LogP contribution in [0.5, 0.6) is 5.75 Å². The number of thiocarbonyl (C=S) groups is 1. The van der Waals surface area contributed by atoms with Crippen molar-refractivity contribution in [2.75, 3.05) is 13.7 Å². The Morgan fingerprint density at radius 1 is 1.10 bits per heavy atom. The fraction of sp³-hybridized carbons (Fsp3) is 0.333. The Morgan fingerprint density at radius 2 is 1.87 bits per heavy atom. The first-order valence-electron chi connectivity index (χ1n) is 10.3. The third kappa shape index (κ3) is 3.79. The number of hydrogen-bond acceptors (Lipinski definition) is 3. The van der Waals surface area contributed by atoms with Crippen molar-refractivity contribution in [3.63, 3.8) is 0 Å². The average Bonchev–Trinajstić information content (AvgIpc) is 3.28. The average molecular weight is 421 g/mol. The van der Waals surface area contributed by atoms with Crippen LogP contribution >= 0.6 is 12.2 Å². The number of ether oxygens (including phenoxy) is 1. The van der Waals surface area contributed by atoms with Gasteiger partial charge in [-0.25, -0.2) is 0 Å². The van der Waals surface area contributed by atoms with Gasteiger partial charge in [0.25, 0.3) is 0 Å². The zero-order valence-corrected chi connectivity index (χ0v) is 18.7. The van der Waals surface area contributed by atoms with Crippen LogP contribution in [0.15, 0.2) is 60.8 Å². The molecule has 1 fully saturated rings. The summed E-state index contributed by atoms with van der Waals surface area (Å²) in [6, 6.07) is 18.7. The zero-order valence-electron chi connectivity index (χ0n) is 17.9. The lowest BCUT2D eigenvalue weighted by molar-refractivity contribution is 0.280. The number of aryl methyl sites for hydroxylation is 1. The quantitative estimate of drug-likeness (QED) is 0.579. The second-order valence-corrected chi connectivity index (χ2v) is 8.49. The van der Waals surface area contributed by atoms with Crippen LogP contribution in [0.1, 0.15) is 43.0 Å². The highest BCUT2D eigenvalue weighted by molar-refractivity contribution is 7.80. The Bertz CT molecular complexity index is 1010. The molecule has 2 aromatic heterocycles. The van der Waals surface area contributed by atoms with Crippen molar-refractivity contribution in [2.24, 2.45) is 5.92 Å². The van der Waals surface area contributed by atoms with Crippen molar-refractivity contribution in [1.29, 1.82) is 0 Å².